The Morgan fingerprint density at radius 1 is 0.893 bits per heavy atom. The largest absolute Gasteiger partial charge is 0.478 e. The molecule has 0 amide bonds. The third-order valence-corrected chi connectivity index (χ3v) is 5.38. The number of aryl methyl sites for hydroxylation is 2. The van der Waals surface area contributed by atoms with Crippen LogP contribution in [-0.4, -0.2) is 16.1 Å². The minimum atomic E-state index is -0.959. The monoisotopic (exact) mass is 431 g/mol. The van der Waals surface area contributed by atoms with Crippen LogP contribution in [0.3, 0.4) is 0 Å². The Morgan fingerprint density at radius 3 is 2.32 bits per heavy atom. The lowest BCUT2D eigenvalue weighted by atomic mass is 9.96. The van der Waals surface area contributed by atoms with Crippen molar-refractivity contribution in [2.75, 3.05) is 0 Å². The van der Waals surface area contributed by atoms with E-state index in [1.54, 1.807) is 12.1 Å². The highest BCUT2D eigenvalue weighted by Crippen LogP contribution is 2.30. The fraction of sp³-hybridized carbons (Fsp3) is 0.0833. The highest BCUT2D eigenvalue weighted by atomic mass is 79.9. The number of benzene rings is 3. The van der Waals surface area contributed by atoms with Gasteiger partial charge < -0.3 is 5.11 Å². The number of carbonyl (C=O) groups is 1. The summed E-state index contributed by atoms with van der Waals surface area (Å²) < 4.78 is 0.829. The van der Waals surface area contributed by atoms with E-state index in [4.69, 9.17) is 0 Å². The third kappa shape index (κ3) is 3.43. The maximum Gasteiger partial charge on any atom is 0.336 e. The summed E-state index contributed by atoms with van der Waals surface area (Å²) >= 11 is 3.40. The lowest BCUT2D eigenvalue weighted by molar-refractivity contribution is 0.0699. The molecule has 0 saturated carbocycles. The van der Waals surface area contributed by atoms with Crippen molar-refractivity contribution < 1.29 is 9.90 Å². The van der Waals surface area contributed by atoms with Gasteiger partial charge in [-0.1, -0.05) is 64.0 Å². The van der Waals surface area contributed by atoms with Crippen molar-refractivity contribution in [2.24, 2.45) is 0 Å². The standard InChI is InChI=1S/C24H18BrNO2/c1-14-3-4-15(2)19(11-14)16-5-7-17(8-6-16)23-13-21(24(27)28)20-12-18(25)9-10-22(20)26-23/h3-13H,1-2H3,(H,27,28). The van der Waals surface area contributed by atoms with Crippen molar-refractivity contribution in [1.29, 1.82) is 0 Å². The van der Waals surface area contributed by atoms with Gasteiger partial charge in [-0.05, 0) is 54.8 Å². The first kappa shape index (κ1) is 18.4. The van der Waals surface area contributed by atoms with Crippen LogP contribution in [0.4, 0.5) is 0 Å². The van der Waals surface area contributed by atoms with Crippen LogP contribution >= 0.6 is 15.9 Å². The molecule has 0 unspecified atom stereocenters. The molecular formula is C24H18BrNO2. The van der Waals surface area contributed by atoms with E-state index < -0.39 is 5.97 Å². The van der Waals surface area contributed by atoms with Crippen LogP contribution in [-0.2, 0) is 0 Å². The van der Waals surface area contributed by atoms with Crippen molar-refractivity contribution >= 4 is 32.8 Å². The molecule has 0 saturated heterocycles. The Balaban J connectivity index is 1.81. The number of pyridine rings is 1. The first-order valence-corrected chi connectivity index (χ1v) is 9.73. The van der Waals surface area contributed by atoms with Gasteiger partial charge in [-0.2, -0.15) is 0 Å². The number of carboxylic acid groups (broad SMARTS) is 1. The van der Waals surface area contributed by atoms with Gasteiger partial charge in [0.05, 0.1) is 16.8 Å². The van der Waals surface area contributed by atoms with Gasteiger partial charge in [0.1, 0.15) is 0 Å². The van der Waals surface area contributed by atoms with Crippen LogP contribution in [0, 0.1) is 13.8 Å². The molecule has 0 atom stereocenters. The zero-order chi connectivity index (χ0) is 19.8. The number of nitrogens with zero attached hydrogens (tertiary/aromatic N) is 1. The first-order valence-electron chi connectivity index (χ1n) is 8.94. The number of aromatic carboxylic acids is 1. The second-order valence-electron chi connectivity index (χ2n) is 6.92. The second-order valence-corrected chi connectivity index (χ2v) is 7.83. The molecule has 1 heterocycles. The fourth-order valence-corrected chi connectivity index (χ4v) is 3.75. The molecule has 0 aliphatic rings. The number of aromatic nitrogens is 1. The van der Waals surface area contributed by atoms with E-state index in [2.05, 4.69) is 65.1 Å². The average Bonchev–Trinajstić information content (AvgIpc) is 2.69. The summed E-state index contributed by atoms with van der Waals surface area (Å²) in [4.78, 5) is 16.5. The molecule has 0 aliphatic heterocycles. The molecule has 4 heteroatoms. The Hall–Kier alpha value is -2.98. The predicted octanol–water partition coefficient (Wildman–Crippen LogP) is 6.65. The molecule has 0 radical (unpaired) electrons. The average molecular weight is 432 g/mol. The van der Waals surface area contributed by atoms with E-state index in [0.717, 1.165) is 15.6 Å². The molecule has 138 valence electrons. The van der Waals surface area contributed by atoms with E-state index in [1.807, 2.05) is 24.3 Å². The molecule has 3 nitrogen and oxygen atoms in total. The van der Waals surface area contributed by atoms with Gasteiger partial charge in [0.25, 0.3) is 0 Å². The van der Waals surface area contributed by atoms with Crippen LogP contribution in [0.15, 0.2) is 71.2 Å². The highest BCUT2D eigenvalue weighted by molar-refractivity contribution is 9.10. The van der Waals surface area contributed by atoms with Gasteiger partial charge in [0, 0.05) is 15.4 Å². The van der Waals surface area contributed by atoms with Gasteiger partial charge in [-0.15, -0.1) is 0 Å². The molecule has 0 aliphatic carbocycles. The number of halogens is 1. The van der Waals surface area contributed by atoms with Crippen LogP contribution < -0.4 is 0 Å². The summed E-state index contributed by atoms with van der Waals surface area (Å²) in [6.07, 6.45) is 0. The van der Waals surface area contributed by atoms with Crippen LogP contribution in [0.5, 0.6) is 0 Å². The van der Waals surface area contributed by atoms with E-state index in [-0.39, 0.29) is 5.56 Å². The summed E-state index contributed by atoms with van der Waals surface area (Å²) in [5.41, 5.74) is 7.24. The molecule has 0 bridgehead atoms. The molecule has 0 spiro atoms. The maximum absolute atomic E-state index is 11.8. The summed E-state index contributed by atoms with van der Waals surface area (Å²) in [5.74, 6) is -0.959. The van der Waals surface area contributed by atoms with Gasteiger partial charge in [-0.25, -0.2) is 9.78 Å². The predicted molar refractivity (Wildman–Crippen MR) is 117 cm³/mol. The lowest BCUT2D eigenvalue weighted by Crippen LogP contribution is -2.00. The highest BCUT2D eigenvalue weighted by Gasteiger charge is 2.13. The number of hydrogen-bond donors (Lipinski definition) is 1. The molecule has 4 aromatic rings. The van der Waals surface area contributed by atoms with E-state index in [0.29, 0.717) is 16.6 Å². The smallest absolute Gasteiger partial charge is 0.336 e. The third-order valence-electron chi connectivity index (χ3n) is 4.89. The summed E-state index contributed by atoms with van der Waals surface area (Å²) in [6, 6.07) is 21.7. The molecular weight excluding hydrogens is 414 g/mol. The topological polar surface area (TPSA) is 50.2 Å². The molecule has 0 fully saturated rings. The van der Waals surface area contributed by atoms with E-state index in [9.17, 15) is 9.90 Å². The molecule has 1 N–H and O–H groups in total. The van der Waals surface area contributed by atoms with Crippen molar-refractivity contribution in [3.05, 3.63) is 87.9 Å². The minimum Gasteiger partial charge on any atom is -0.478 e. The molecule has 28 heavy (non-hydrogen) atoms. The Kier molecular flexibility index (Phi) is 4.73. The zero-order valence-corrected chi connectivity index (χ0v) is 17.1. The van der Waals surface area contributed by atoms with Crippen molar-refractivity contribution in [1.82, 2.24) is 4.98 Å². The Labute approximate surface area is 171 Å². The number of hydrogen-bond acceptors (Lipinski definition) is 2. The van der Waals surface area contributed by atoms with Crippen molar-refractivity contribution in [3.63, 3.8) is 0 Å². The van der Waals surface area contributed by atoms with Gasteiger partial charge in [-0.3, -0.25) is 0 Å². The number of carboxylic acids is 1. The SMILES string of the molecule is Cc1ccc(C)c(-c2ccc(-c3cc(C(=O)O)c4cc(Br)ccc4n3)cc2)c1. The normalized spacial score (nSPS) is 11.0. The zero-order valence-electron chi connectivity index (χ0n) is 15.5. The van der Waals surface area contributed by atoms with Crippen LogP contribution in [0.2, 0.25) is 0 Å². The Morgan fingerprint density at radius 2 is 1.61 bits per heavy atom. The summed E-state index contributed by atoms with van der Waals surface area (Å²) in [7, 11) is 0. The number of fused-ring (bicyclic) bond motifs is 1. The maximum atomic E-state index is 11.8. The van der Waals surface area contributed by atoms with Gasteiger partial charge >= 0.3 is 5.97 Å². The van der Waals surface area contributed by atoms with E-state index in [1.165, 1.54) is 16.7 Å². The van der Waals surface area contributed by atoms with Gasteiger partial charge in [0.15, 0.2) is 0 Å². The second kappa shape index (κ2) is 7.21. The first-order chi connectivity index (χ1) is 13.4. The van der Waals surface area contributed by atoms with Crippen LogP contribution in [0.25, 0.3) is 33.3 Å². The van der Waals surface area contributed by atoms with Crippen molar-refractivity contribution in [3.8, 4) is 22.4 Å². The minimum absolute atomic E-state index is 0.250. The van der Waals surface area contributed by atoms with Crippen LogP contribution in [0.1, 0.15) is 21.5 Å². The summed E-state index contributed by atoms with van der Waals surface area (Å²) in [5, 5.41) is 10.3. The quantitative estimate of drug-likeness (QED) is 0.395. The fourth-order valence-electron chi connectivity index (χ4n) is 3.39. The molecule has 4 rings (SSSR count). The Bertz CT molecular complexity index is 1210. The molecule has 1 aromatic heterocycles. The molecule has 3 aromatic carbocycles. The lowest BCUT2D eigenvalue weighted by Gasteiger charge is -2.10. The van der Waals surface area contributed by atoms with Crippen molar-refractivity contribution in [2.45, 2.75) is 13.8 Å². The number of rotatable bonds is 3. The van der Waals surface area contributed by atoms with Gasteiger partial charge in [0.2, 0.25) is 0 Å². The van der Waals surface area contributed by atoms with E-state index >= 15 is 0 Å². The summed E-state index contributed by atoms with van der Waals surface area (Å²) in [6.45, 7) is 4.19.